The molecule has 3 nitrogen and oxygen atoms in total. The van der Waals surface area contributed by atoms with E-state index < -0.39 is 0 Å². The monoisotopic (exact) mass is 223 g/mol. The Kier molecular flexibility index (Phi) is 2.44. The van der Waals surface area contributed by atoms with Gasteiger partial charge in [-0.3, -0.25) is 0 Å². The van der Waals surface area contributed by atoms with E-state index in [0.29, 0.717) is 11.7 Å². The summed E-state index contributed by atoms with van der Waals surface area (Å²) in [5.74, 6) is 0.944. The van der Waals surface area contributed by atoms with Crippen molar-refractivity contribution in [2.24, 2.45) is 0 Å². The minimum atomic E-state index is -0.302. The van der Waals surface area contributed by atoms with Crippen molar-refractivity contribution in [2.75, 3.05) is 19.9 Å². The van der Waals surface area contributed by atoms with Gasteiger partial charge in [-0.25, -0.2) is 4.39 Å². The molecule has 4 heteroatoms. The summed E-state index contributed by atoms with van der Waals surface area (Å²) in [6.07, 6.45) is 2.11. The molecule has 0 atom stereocenters. The van der Waals surface area contributed by atoms with Gasteiger partial charge in [0.2, 0.25) is 12.5 Å². The molecule has 0 spiro atoms. The lowest BCUT2D eigenvalue weighted by atomic mass is 9.90. The Morgan fingerprint density at radius 3 is 2.81 bits per heavy atom. The molecule has 0 aromatic heterocycles. The fourth-order valence-corrected chi connectivity index (χ4v) is 2.38. The molecule has 0 saturated carbocycles. The second-order valence-corrected chi connectivity index (χ2v) is 4.26. The number of hydrogen-bond donors (Lipinski definition) is 1. The van der Waals surface area contributed by atoms with E-state index in [1.54, 1.807) is 6.07 Å². The lowest BCUT2D eigenvalue weighted by molar-refractivity contribution is 0.171. The van der Waals surface area contributed by atoms with Crippen molar-refractivity contribution in [3.8, 4) is 11.5 Å². The Labute approximate surface area is 93.6 Å². The fraction of sp³-hybridized carbons (Fsp3) is 0.500. The summed E-state index contributed by atoms with van der Waals surface area (Å²) in [5, 5.41) is 3.30. The number of fused-ring (bicyclic) bond motifs is 1. The highest BCUT2D eigenvalue weighted by atomic mass is 19.1. The van der Waals surface area contributed by atoms with Gasteiger partial charge in [-0.1, -0.05) is 0 Å². The van der Waals surface area contributed by atoms with Crippen LogP contribution in [0, 0.1) is 5.82 Å². The first-order chi connectivity index (χ1) is 7.84. The van der Waals surface area contributed by atoms with Gasteiger partial charge in [-0.15, -0.1) is 0 Å². The molecular weight excluding hydrogens is 209 g/mol. The minimum Gasteiger partial charge on any atom is -0.453 e. The van der Waals surface area contributed by atoms with Crippen LogP contribution in [-0.4, -0.2) is 19.9 Å². The van der Waals surface area contributed by atoms with E-state index in [1.165, 1.54) is 0 Å². The Balaban J connectivity index is 1.92. The molecule has 0 amide bonds. The summed E-state index contributed by atoms with van der Waals surface area (Å²) in [7, 11) is 0. The van der Waals surface area contributed by atoms with Crippen LogP contribution in [0.25, 0.3) is 0 Å². The van der Waals surface area contributed by atoms with Crippen LogP contribution in [0.3, 0.4) is 0 Å². The molecule has 0 bridgehead atoms. The summed E-state index contributed by atoms with van der Waals surface area (Å²) < 4.78 is 24.0. The first kappa shape index (κ1) is 9.90. The van der Waals surface area contributed by atoms with Crippen LogP contribution in [0.15, 0.2) is 12.1 Å². The van der Waals surface area contributed by atoms with Crippen LogP contribution in [0.1, 0.15) is 24.3 Å². The van der Waals surface area contributed by atoms with Gasteiger partial charge in [0, 0.05) is 0 Å². The molecule has 0 unspecified atom stereocenters. The molecule has 0 aliphatic carbocycles. The molecule has 2 heterocycles. The molecule has 2 aliphatic heterocycles. The Morgan fingerprint density at radius 1 is 1.19 bits per heavy atom. The van der Waals surface area contributed by atoms with E-state index in [1.807, 2.05) is 6.07 Å². The van der Waals surface area contributed by atoms with Gasteiger partial charge in [-0.2, -0.15) is 0 Å². The van der Waals surface area contributed by atoms with Gasteiger partial charge in [0.1, 0.15) is 0 Å². The number of hydrogen-bond acceptors (Lipinski definition) is 3. The first-order valence-electron chi connectivity index (χ1n) is 5.64. The van der Waals surface area contributed by atoms with Crippen molar-refractivity contribution in [1.29, 1.82) is 0 Å². The topological polar surface area (TPSA) is 30.5 Å². The maximum absolute atomic E-state index is 13.7. The van der Waals surface area contributed by atoms with Gasteiger partial charge >= 0.3 is 0 Å². The van der Waals surface area contributed by atoms with E-state index in [-0.39, 0.29) is 18.4 Å². The van der Waals surface area contributed by atoms with Gasteiger partial charge in [0.05, 0.1) is 0 Å². The van der Waals surface area contributed by atoms with Gasteiger partial charge in [0.25, 0.3) is 0 Å². The van der Waals surface area contributed by atoms with E-state index in [0.717, 1.165) is 31.5 Å². The summed E-state index contributed by atoms with van der Waals surface area (Å²) in [4.78, 5) is 0. The highest BCUT2D eigenvalue weighted by Crippen LogP contribution is 2.39. The normalized spacial score (nSPS) is 20.1. The predicted molar refractivity (Wildman–Crippen MR) is 57.4 cm³/mol. The number of rotatable bonds is 1. The Morgan fingerprint density at radius 2 is 2.00 bits per heavy atom. The number of halogens is 1. The smallest absolute Gasteiger partial charge is 0.231 e. The first-order valence-corrected chi connectivity index (χ1v) is 5.64. The second kappa shape index (κ2) is 3.94. The molecule has 2 aliphatic rings. The van der Waals surface area contributed by atoms with Crippen LogP contribution >= 0.6 is 0 Å². The fourth-order valence-electron chi connectivity index (χ4n) is 2.38. The molecule has 1 aromatic carbocycles. The van der Waals surface area contributed by atoms with Gasteiger partial charge in [0.15, 0.2) is 11.6 Å². The van der Waals surface area contributed by atoms with Crippen LogP contribution in [0.2, 0.25) is 0 Å². The van der Waals surface area contributed by atoms with Crippen molar-refractivity contribution in [3.05, 3.63) is 23.5 Å². The third-order valence-electron chi connectivity index (χ3n) is 3.26. The van der Waals surface area contributed by atoms with Crippen molar-refractivity contribution in [1.82, 2.24) is 5.32 Å². The van der Waals surface area contributed by atoms with Crippen molar-refractivity contribution in [2.45, 2.75) is 18.8 Å². The summed E-state index contributed by atoms with van der Waals surface area (Å²) in [6, 6.07) is 3.50. The standard InChI is InChI=1S/C12H14FNO2/c13-10-5-9(8-1-3-14-4-2-8)6-11-12(10)16-7-15-11/h5-6,8,14H,1-4,7H2. The average Bonchev–Trinajstić information content (AvgIpc) is 2.79. The van der Waals surface area contributed by atoms with Crippen LogP contribution in [0.4, 0.5) is 4.39 Å². The highest BCUT2D eigenvalue weighted by Gasteiger charge is 2.23. The second-order valence-electron chi connectivity index (χ2n) is 4.26. The zero-order chi connectivity index (χ0) is 11.0. The molecule has 1 fully saturated rings. The third-order valence-corrected chi connectivity index (χ3v) is 3.26. The Bertz CT molecular complexity index is 402. The van der Waals surface area contributed by atoms with Crippen molar-refractivity contribution in [3.63, 3.8) is 0 Å². The lowest BCUT2D eigenvalue weighted by Crippen LogP contribution is -2.26. The Hall–Kier alpha value is -1.29. The number of piperidine rings is 1. The lowest BCUT2D eigenvalue weighted by Gasteiger charge is -2.23. The van der Waals surface area contributed by atoms with Crippen LogP contribution in [-0.2, 0) is 0 Å². The maximum Gasteiger partial charge on any atom is 0.231 e. The molecule has 1 aromatic rings. The highest BCUT2D eigenvalue weighted by molar-refractivity contribution is 5.46. The quantitative estimate of drug-likeness (QED) is 0.790. The molecule has 1 N–H and O–H groups in total. The molecule has 16 heavy (non-hydrogen) atoms. The van der Waals surface area contributed by atoms with E-state index in [2.05, 4.69) is 5.32 Å². The van der Waals surface area contributed by atoms with E-state index >= 15 is 0 Å². The average molecular weight is 223 g/mol. The minimum absolute atomic E-state index is 0.127. The summed E-state index contributed by atoms with van der Waals surface area (Å²) >= 11 is 0. The number of nitrogens with one attached hydrogen (secondary N) is 1. The SMILES string of the molecule is Fc1cc(C2CCNCC2)cc2c1OCO2. The maximum atomic E-state index is 13.7. The van der Waals surface area contributed by atoms with E-state index in [9.17, 15) is 4.39 Å². The molecule has 86 valence electrons. The number of ether oxygens (including phenoxy) is 2. The molecule has 3 rings (SSSR count). The molecule has 0 radical (unpaired) electrons. The summed E-state index contributed by atoms with van der Waals surface area (Å²) in [6.45, 7) is 2.13. The van der Waals surface area contributed by atoms with Crippen LogP contribution < -0.4 is 14.8 Å². The van der Waals surface area contributed by atoms with Crippen LogP contribution in [0.5, 0.6) is 11.5 Å². The zero-order valence-corrected chi connectivity index (χ0v) is 8.96. The van der Waals surface area contributed by atoms with E-state index in [4.69, 9.17) is 9.47 Å². The van der Waals surface area contributed by atoms with Gasteiger partial charge in [-0.05, 0) is 49.5 Å². The van der Waals surface area contributed by atoms with Gasteiger partial charge < -0.3 is 14.8 Å². The summed E-state index contributed by atoms with van der Waals surface area (Å²) in [5.41, 5.74) is 1.03. The number of benzene rings is 1. The zero-order valence-electron chi connectivity index (χ0n) is 8.96. The predicted octanol–water partition coefficient (Wildman–Crippen LogP) is 2.02. The largest absolute Gasteiger partial charge is 0.453 e. The van der Waals surface area contributed by atoms with Crippen molar-refractivity contribution < 1.29 is 13.9 Å². The van der Waals surface area contributed by atoms with Crippen molar-refractivity contribution >= 4 is 0 Å². The third kappa shape index (κ3) is 1.63. The molecular formula is C12H14FNO2. The molecule has 1 saturated heterocycles.